The van der Waals surface area contributed by atoms with Crippen molar-refractivity contribution in [2.24, 2.45) is 0 Å². The fourth-order valence-corrected chi connectivity index (χ4v) is 2.99. The van der Waals surface area contributed by atoms with Crippen molar-refractivity contribution in [1.29, 1.82) is 0 Å². The lowest BCUT2D eigenvalue weighted by molar-refractivity contribution is 0.0853. The van der Waals surface area contributed by atoms with E-state index in [4.69, 9.17) is 4.74 Å². The molecule has 0 atom stereocenters. The molecule has 0 aliphatic rings. The summed E-state index contributed by atoms with van der Waals surface area (Å²) in [5.41, 5.74) is 1.31. The van der Waals surface area contributed by atoms with Gasteiger partial charge in [-0.25, -0.2) is 4.79 Å². The van der Waals surface area contributed by atoms with Gasteiger partial charge in [-0.15, -0.1) is 0 Å². The first-order valence-electron chi connectivity index (χ1n) is 8.09. The van der Waals surface area contributed by atoms with Gasteiger partial charge in [0.2, 0.25) is 0 Å². The number of hydrogen-bond acceptors (Lipinski definition) is 3. The topological polar surface area (TPSA) is 64.1 Å². The van der Waals surface area contributed by atoms with Crippen LogP contribution in [0.3, 0.4) is 0 Å². The third-order valence-corrected chi connectivity index (χ3v) is 4.12. The van der Waals surface area contributed by atoms with Gasteiger partial charge in [0.15, 0.2) is 0 Å². The summed E-state index contributed by atoms with van der Waals surface area (Å²) >= 11 is 0. The number of hydrogen-bond donors (Lipinski definition) is 1. The van der Waals surface area contributed by atoms with E-state index in [-0.39, 0.29) is 12.3 Å². The Labute approximate surface area is 139 Å². The number of rotatable bonds is 5. The summed E-state index contributed by atoms with van der Waals surface area (Å²) in [6, 6.07) is 13.8. The predicted octanol–water partition coefficient (Wildman–Crippen LogP) is 2.91. The van der Waals surface area contributed by atoms with Gasteiger partial charge in [-0.1, -0.05) is 49.4 Å². The summed E-state index contributed by atoms with van der Waals surface area (Å²) in [5.74, 6) is 0. The molecule has 3 rings (SSSR count). The molecular formula is C19H20N2O3. The normalized spacial score (nSPS) is 11.1. The smallest absolute Gasteiger partial charge is 0.330 e. The van der Waals surface area contributed by atoms with Crippen LogP contribution in [0.4, 0.5) is 0 Å². The van der Waals surface area contributed by atoms with Crippen LogP contribution in [0.15, 0.2) is 52.1 Å². The second kappa shape index (κ2) is 6.84. The zero-order chi connectivity index (χ0) is 17.1. The fraction of sp³-hybridized carbons (Fsp3) is 0.263. The van der Waals surface area contributed by atoms with E-state index < -0.39 is 5.69 Å². The summed E-state index contributed by atoms with van der Waals surface area (Å²) in [6.45, 7) is 4.38. The lowest BCUT2D eigenvalue weighted by atomic mass is 9.98. The number of H-pyrrole nitrogens is 1. The van der Waals surface area contributed by atoms with Crippen molar-refractivity contribution in [2.45, 2.75) is 27.0 Å². The first-order valence-corrected chi connectivity index (χ1v) is 8.09. The second-order valence-electron chi connectivity index (χ2n) is 5.52. The van der Waals surface area contributed by atoms with E-state index >= 15 is 0 Å². The molecule has 0 saturated heterocycles. The number of ether oxygens (including phenoxy) is 1. The van der Waals surface area contributed by atoms with Crippen molar-refractivity contribution >= 4 is 10.8 Å². The maximum Gasteiger partial charge on any atom is 0.330 e. The monoisotopic (exact) mass is 324 g/mol. The largest absolute Gasteiger partial charge is 0.361 e. The Hall–Kier alpha value is -2.66. The van der Waals surface area contributed by atoms with Crippen molar-refractivity contribution < 1.29 is 4.74 Å². The van der Waals surface area contributed by atoms with Crippen LogP contribution in [0, 0.1) is 0 Å². The summed E-state index contributed by atoms with van der Waals surface area (Å²) in [6.07, 6.45) is 0.528. The van der Waals surface area contributed by atoms with Crippen molar-refractivity contribution in [1.82, 2.24) is 9.55 Å². The van der Waals surface area contributed by atoms with Crippen LogP contribution in [0.1, 0.15) is 19.4 Å². The van der Waals surface area contributed by atoms with Gasteiger partial charge in [-0.05, 0) is 24.1 Å². The molecule has 0 saturated carbocycles. The Morgan fingerprint density at radius 2 is 1.79 bits per heavy atom. The molecule has 0 bridgehead atoms. The Morgan fingerprint density at radius 3 is 2.54 bits per heavy atom. The molecule has 1 aromatic heterocycles. The van der Waals surface area contributed by atoms with Crippen LogP contribution < -0.4 is 11.2 Å². The van der Waals surface area contributed by atoms with E-state index in [2.05, 4.69) is 4.98 Å². The zero-order valence-corrected chi connectivity index (χ0v) is 13.8. The van der Waals surface area contributed by atoms with E-state index in [1.165, 1.54) is 4.57 Å². The second-order valence-corrected chi connectivity index (χ2v) is 5.52. The highest BCUT2D eigenvalue weighted by molar-refractivity contribution is 5.96. The number of aromatic nitrogens is 2. The van der Waals surface area contributed by atoms with Gasteiger partial charge in [0.05, 0.1) is 5.69 Å². The molecular weight excluding hydrogens is 304 g/mol. The highest BCUT2D eigenvalue weighted by atomic mass is 16.5. The van der Waals surface area contributed by atoms with E-state index in [1.54, 1.807) is 0 Å². The van der Waals surface area contributed by atoms with Gasteiger partial charge in [-0.3, -0.25) is 14.3 Å². The van der Waals surface area contributed by atoms with Crippen molar-refractivity contribution in [3.05, 3.63) is 68.9 Å². The molecule has 3 aromatic rings. The third-order valence-electron chi connectivity index (χ3n) is 4.12. The molecule has 0 aliphatic carbocycles. The molecule has 1 N–H and O–H groups in total. The van der Waals surface area contributed by atoms with Gasteiger partial charge in [0, 0.05) is 17.7 Å². The van der Waals surface area contributed by atoms with Crippen LogP contribution >= 0.6 is 0 Å². The minimum Gasteiger partial charge on any atom is -0.361 e. The minimum atomic E-state index is -0.450. The number of nitrogens with one attached hydrogen (secondary N) is 1. The van der Waals surface area contributed by atoms with Crippen molar-refractivity contribution in [3.63, 3.8) is 0 Å². The summed E-state index contributed by atoms with van der Waals surface area (Å²) in [4.78, 5) is 27.1. The van der Waals surface area contributed by atoms with Crippen LogP contribution in [0.25, 0.3) is 22.0 Å². The Kier molecular flexibility index (Phi) is 4.62. The van der Waals surface area contributed by atoms with Gasteiger partial charge >= 0.3 is 5.69 Å². The SMILES string of the molecule is CCOCn1c(-c2cccc3ccccc23)c(CC)c(=O)[nH]c1=O. The third kappa shape index (κ3) is 2.78. The number of benzene rings is 2. The predicted molar refractivity (Wildman–Crippen MR) is 95.3 cm³/mol. The van der Waals surface area contributed by atoms with Crippen molar-refractivity contribution in [3.8, 4) is 11.3 Å². The molecule has 5 heteroatoms. The van der Waals surface area contributed by atoms with Gasteiger partial charge in [-0.2, -0.15) is 0 Å². The lowest BCUT2D eigenvalue weighted by Crippen LogP contribution is -2.34. The molecule has 0 spiro atoms. The number of nitrogens with zero attached hydrogens (tertiary/aromatic N) is 1. The molecule has 124 valence electrons. The summed E-state index contributed by atoms with van der Waals surface area (Å²) < 4.78 is 6.96. The van der Waals surface area contributed by atoms with Gasteiger partial charge in [0.1, 0.15) is 6.73 Å². The molecule has 2 aromatic carbocycles. The van der Waals surface area contributed by atoms with Crippen LogP contribution in [-0.2, 0) is 17.9 Å². The van der Waals surface area contributed by atoms with E-state index in [0.717, 1.165) is 16.3 Å². The van der Waals surface area contributed by atoms with Gasteiger partial charge < -0.3 is 4.74 Å². The van der Waals surface area contributed by atoms with Crippen LogP contribution in [-0.4, -0.2) is 16.2 Å². The number of aromatic amines is 1. The Bertz CT molecular complexity index is 981. The maximum atomic E-state index is 12.4. The van der Waals surface area contributed by atoms with Crippen LogP contribution in [0.2, 0.25) is 0 Å². The average molecular weight is 324 g/mol. The molecule has 0 fully saturated rings. The average Bonchev–Trinajstić information content (AvgIpc) is 2.60. The molecule has 0 aliphatic heterocycles. The fourth-order valence-electron chi connectivity index (χ4n) is 2.99. The first-order chi connectivity index (χ1) is 11.7. The standard InChI is InChI=1S/C19H20N2O3/c1-3-14-17(21(12-24-4-2)19(23)20-18(14)22)16-11-7-9-13-8-5-6-10-15(13)16/h5-11H,3-4,12H2,1-2H3,(H,20,22,23). The molecule has 24 heavy (non-hydrogen) atoms. The molecule has 5 nitrogen and oxygen atoms in total. The lowest BCUT2D eigenvalue weighted by Gasteiger charge is -2.17. The highest BCUT2D eigenvalue weighted by Crippen LogP contribution is 2.29. The maximum absolute atomic E-state index is 12.4. The molecule has 0 unspecified atom stereocenters. The van der Waals surface area contributed by atoms with Crippen LogP contribution in [0.5, 0.6) is 0 Å². The zero-order valence-electron chi connectivity index (χ0n) is 13.8. The molecule has 1 heterocycles. The quantitative estimate of drug-likeness (QED) is 0.785. The minimum absolute atomic E-state index is 0.109. The molecule has 0 amide bonds. The van der Waals surface area contributed by atoms with Gasteiger partial charge in [0.25, 0.3) is 5.56 Å². The summed E-state index contributed by atoms with van der Waals surface area (Å²) in [7, 11) is 0. The number of fused-ring (bicyclic) bond motifs is 1. The van der Waals surface area contributed by atoms with E-state index in [9.17, 15) is 9.59 Å². The van der Waals surface area contributed by atoms with E-state index in [1.807, 2.05) is 56.3 Å². The highest BCUT2D eigenvalue weighted by Gasteiger charge is 2.17. The first kappa shape index (κ1) is 16.2. The Morgan fingerprint density at radius 1 is 1.04 bits per heavy atom. The van der Waals surface area contributed by atoms with Crippen molar-refractivity contribution in [2.75, 3.05) is 6.61 Å². The van der Waals surface area contributed by atoms with E-state index in [0.29, 0.717) is 24.3 Å². The molecule has 0 radical (unpaired) electrons. The Balaban J connectivity index is 2.40. The summed E-state index contributed by atoms with van der Waals surface area (Å²) in [5, 5.41) is 2.07.